The fraction of sp³-hybridized carbons (Fsp3) is 0.267. The summed E-state index contributed by atoms with van der Waals surface area (Å²) in [6.45, 7) is 8.43. The second-order valence-corrected chi connectivity index (χ2v) is 15.0. The van der Waals surface area contributed by atoms with E-state index < -0.39 is 20.2 Å². The van der Waals surface area contributed by atoms with E-state index in [0.29, 0.717) is 16.5 Å². The van der Waals surface area contributed by atoms with Gasteiger partial charge in [0, 0.05) is 6.20 Å². The average Bonchev–Trinajstić information content (AvgIpc) is 3.33. The van der Waals surface area contributed by atoms with Crippen molar-refractivity contribution in [1.29, 1.82) is 0 Å². The number of benzene rings is 2. The van der Waals surface area contributed by atoms with Gasteiger partial charge in [-0.3, -0.25) is 4.79 Å². The van der Waals surface area contributed by atoms with E-state index in [4.69, 9.17) is 20.8 Å². The first-order chi connectivity index (χ1) is 19.1. The van der Waals surface area contributed by atoms with Crippen LogP contribution in [0.1, 0.15) is 43.9 Å². The van der Waals surface area contributed by atoms with Gasteiger partial charge in [0.1, 0.15) is 18.1 Å². The van der Waals surface area contributed by atoms with Crippen LogP contribution in [-0.4, -0.2) is 41.6 Å². The van der Waals surface area contributed by atoms with Crippen molar-refractivity contribution in [2.24, 2.45) is 0 Å². The summed E-state index contributed by atoms with van der Waals surface area (Å²) in [5.74, 6) is -0.624. The normalized spacial score (nSPS) is 11.7. The summed E-state index contributed by atoms with van der Waals surface area (Å²) in [5.41, 5.74) is 0.690. The molecule has 4 aromatic rings. The summed E-state index contributed by atoms with van der Waals surface area (Å²) < 4.78 is 13.5. The minimum absolute atomic E-state index is 0.146. The zero-order chi connectivity index (χ0) is 28.8. The van der Waals surface area contributed by atoms with Crippen LogP contribution in [0.4, 0.5) is 5.82 Å². The third-order valence-electron chi connectivity index (χ3n) is 6.46. The third-order valence-corrected chi connectivity index (χ3v) is 11.7. The Balaban J connectivity index is 1.66. The van der Waals surface area contributed by atoms with Gasteiger partial charge in [-0.1, -0.05) is 93.0 Å². The average molecular weight is 577 g/mol. The largest absolute Gasteiger partial charge is 0.461 e. The SMILES string of the molecule is CCOC(=O)c1cc(CO[Si](c2ccccc2)(c2ccccc2)C(C)(C)C)nn1CC(=O)Nc1ccc(Cl)cn1. The molecular formula is C30H33ClN4O4Si. The van der Waals surface area contributed by atoms with E-state index in [1.54, 1.807) is 25.1 Å². The highest BCUT2D eigenvalue weighted by Gasteiger charge is 2.50. The number of nitrogens with one attached hydrogen (secondary N) is 1. The predicted molar refractivity (Wildman–Crippen MR) is 158 cm³/mol. The van der Waals surface area contributed by atoms with Gasteiger partial charge in [0.15, 0.2) is 0 Å². The molecule has 0 spiro atoms. The van der Waals surface area contributed by atoms with Gasteiger partial charge in [0.2, 0.25) is 5.91 Å². The van der Waals surface area contributed by atoms with E-state index in [9.17, 15) is 9.59 Å². The number of rotatable bonds is 10. The number of hydrogen-bond acceptors (Lipinski definition) is 6. The maximum absolute atomic E-state index is 12.8. The molecule has 0 aliphatic carbocycles. The number of nitrogens with zero attached hydrogens (tertiary/aromatic N) is 3. The molecule has 0 atom stereocenters. The van der Waals surface area contributed by atoms with Crippen molar-refractivity contribution in [2.45, 2.75) is 45.9 Å². The number of ether oxygens (including phenoxy) is 1. The van der Waals surface area contributed by atoms with Crippen molar-refractivity contribution in [3.8, 4) is 0 Å². The zero-order valence-corrected chi connectivity index (χ0v) is 24.8. The van der Waals surface area contributed by atoms with E-state index in [-0.39, 0.29) is 30.5 Å². The smallest absolute Gasteiger partial charge is 0.356 e. The number of halogens is 1. The standard InChI is InChI=1S/C30H33ClN4O4Si/c1-5-38-29(37)26-18-23(34-35(26)20-28(36)33-27-17-16-22(31)19-32-27)21-39-40(30(2,3)4,24-12-8-6-9-13-24)25-14-10-7-11-15-25/h6-19H,5,20-21H2,1-4H3,(H,32,33,36). The Morgan fingerprint density at radius 1 is 0.975 bits per heavy atom. The highest BCUT2D eigenvalue weighted by molar-refractivity contribution is 6.99. The van der Waals surface area contributed by atoms with Gasteiger partial charge in [-0.2, -0.15) is 5.10 Å². The molecule has 40 heavy (non-hydrogen) atoms. The second kappa shape index (κ2) is 12.6. The van der Waals surface area contributed by atoms with Gasteiger partial charge < -0.3 is 14.5 Å². The molecule has 0 bridgehead atoms. The summed E-state index contributed by atoms with van der Waals surface area (Å²) in [7, 11) is -2.83. The monoisotopic (exact) mass is 576 g/mol. The summed E-state index contributed by atoms with van der Waals surface area (Å²) in [6, 6.07) is 25.4. The Labute approximate surface area is 240 Å². The van der Waals surface area contributed by atoms with Crippen LogP contribution in [-0.2, 0) is 27.1 Å². The molecule has 0 radical (unpaired) electrons. The molecule has 8 nitrogen and oxygen atoms in total. The van der Waals surface area contributed by atoms with Gasteiger partial charge in [0.25, 0.3) is 8.32 Å². The predicted octanol–water partition coefficient (Wildman–Crippen LogP) is 4.82. The van der Waals surface area contributed by atoms with Crippen molar-refractivity contribution in [3.63, 3.8) is 0 Å². The van der Waals surface area contributed by atoms with Crippen LogP contribution in [0.5, 0.6) is 0 Å². The Morgan fingerprint density at radius 2 is 1.60 bits per heavy atom. The van der Waals surface area contributed by atoms with Crippen LogP contribution >= 0.6 is 11.6 Å². The lowest BCUT2D eigenvalue weighted by atomic mass is 10.2. The van der Waals surface area contributed by atoms with Crippen LogP contribution in [0.25, 0.3) is 0 Å². The Bertz CT molecular complexity index is 1400. The number of carbonyl (C=O) groups is 2. The van der Waals surface area contributed by atoms with Crippen molar-refractivity contribution in [3.05, 3.63) is 101 Å². The number of pyridine rings is 1. The molecular weight excluding hydrogens is 544 g/mol. The lowest BCUT2D eigenvalue weighted by Crippen LogP contribution is -2.66. The van der Waals surface area contributed by atoms with Crippen LogP contribution in [0, 0.1) is 0 Å². The van der Waals surface area contributed by atoms with Crippen LogP contribution in [0.2, 0.25) is 10.1 Å². The van der Waals surface area contributed by atoms with Crippen LogP contribution in [0.15, 0.2) is 85.1 Å². The van der Waals surface area contributed by atoms with Crippen molar-refractivity contribution in [1.82, 2.24) is 14.8 Å². The highest BCUT2D eigenvalue weighted by Crippen LogP contribution is 2.37. The van der Waals surface area contributed by atoms with Gasteiger partial charge in [0.05, 0.1) is 23.9 Å². The van der Waals surface area contributed by atoms with Crippen molar-refractivity contribution >= 4 is 48.0 Å². The Hall–Kier alpha value is -3.79. The van der Waals surface area contributed by atoms with E-state index in [1.807, 2.05) is 36.4 Å². The number of aromatic nitrogens is 3. The summed E-state index contributed by atoms with van der Waals surface area (Å²) in [6.07, 6.45) is 1.44. The Morgan fingerprint density at radius 3 is 2.12 bits per heavy atom. The van der Waals surface area contributed by atoms with Crippen molar-refractivity contribution in [2.75, 3.05) is 11.9 Å². The summed E-state index contributed by atoms with van der Waals surface area (Å²) >= 11 is 5.88. The molecule has 0 fully saturated rings. The van der Waals surface area contributed by atoms with Gasteiger partial charge in [-0.05, 0) is 40.5 Å². The lowest BCUT2D eigenvalue weighted by Gasteiger charge is -2.42. The number of amides is 1. The second-order valence-electron chi connectivity index (χ2n) is 10.3. The maximum atomic E-state index is 12.8. The molecule has 208 valence electrons. The minimum atomic E-state index is -2.83. The summed E-state index contributed by atoms with van der Waals surface area (Å²) in [5, 5.41) is 9.79. The van der Waals surface area contributed by atoms with E-state index >= 15 is 0 Å². The molecule has 0 aliphatic rings. The van der Waals surface area contributed by atoms with Crippen LogP contribution in [0.3, 0.4) is 0 Å². The number of carbonyl (C=O) groups excluding carboxylic acids is 2. The quantitative estimate of drug-likeness (QED) is 0.215. The minimum Gasteiger partial charge on any atom is -0.461 e. The van der Waals surface area contributed by atoms with Gasteiger partial charge in [-0.15, -0.1) is 0 Å². The molecule has 0 saturated heterocycles. The molecule has 0 aliphatic heterocycles. The lowest BCUT2D eigenvalue weighted by molar-refractivity contribution is -0.116. The number of hydrogen-bond donors (Lipinski definition) is 1. The summed E-state index contributed by atoms with van der Waals surface area (Å²) in [4.78, 5) is 29.7. The maximum Gasteiger partial charge on any atom is 0.356 e. The molecule has 2 heterocycles. The highest BCUT2D eigenvalue weighted by atomic mass is 35.5. The van der Waals surface area contributed by atoms with Crippen molar-refractivity contribution < 1.29 is 18.8 Å². The molecule has 2 aromatic heterocycles. The topological polar surface area (TPSA) is 95.3 Å². The van der Waals surface area contributed by atoms with E-state index in [2.05, 4.69) is 60.4 Å². The Kier molecular flexibility index (Phi) is 9.19. The van der Waals surface area contributed by atoms with E-state index in [0.717, 1.165) is 10.4 Å². The molecule has 10 heteroatoms. The third kappa shape index (κ3) is 6.50. The molecule has 0 saturated carbocycles. The first-order valence-corrected chi connectivity index (χ1v) is 15.3. The molecule has 4 rings (SSSR count). The van der Waals surface area contributed by atoms with Gasteiger partial charge >= 0.3 is 5.97 Å². The number of esters is 1. The van der Waals surface area contributed by atoms with Crippen LogP contribution < -0.4 is 15.7 Å². The van der Waals surface area contributed by atoms with Gasteiger partial charge in [-0.25, -0.2) is 14.5 Å². The molecule has 2 aromatic carbocycles. The first-order valence-electron chi connectivity index (χ1n) is 13.0. The first kappa shape index (κ1) is 29.2. The molecule has 0 unspecified atom stereocenters. The number of anilines is 1. The molecule has 1 amide bonds. The van der Waals surface area contributed by atoms with E-state index in [1.165, 1.54) is 10.9 Å². The zero-order valence-electron chi connectivity index (χ0n) is 23.1. The fourth-order valence-corrected chi connectivity index (χ4v) is 9.37. The molecule has 1 N–H and O–H groups in total. The fourth-order valence-electron chi connectivity index (χ4n) is 4.74.